The molecule has 6 rings (SSSR count). The summed E-state index contributed by atoms with van der Waals surface area (Å²) in [5.74, 6) is -0.725. The molecule has 2 aliphatic heterocycles. The molecule has 2 fully saturated rings. The van der Waals surface area contributed by atoms with Crippen LogP contribution in [0.1, 0.15) is 99.2 Å². The number of carbonyl (C=O) groups is 1. The molecule has 198 valence electrons. The first-order valence-corrected chi connectivity index (χ1v) is 14.4. The molecular formula is C31H41N3O3. The summed E-state index contributed by atoms with van der Waals surface area (Å²) >= 11 is 0. The van der Waals surface area contributed by atoms with Gasteiger partial charge >= 0.3 is 5.97 Å². The van der Waals surface area contributed by atoms with Crippen LogP contribution in [0.25, 0.3) is 0 Å². The first-order valence-electron chi connectivity index (χ1n) is 14.4. The van der Waals surface area contributed by atoms with Crippen LogP contribution in [0.5, 0.6) is 0 Å². The van der Waals surface area contributed by atoms with Crippen LogP contribution < -0.4 is 5.32 Å². The second-order valence-electron chi connectivity index (χ2n) is 11.9. The van der Waals surface area contributed by atoms with Crippen LogP contribution in [0, 0.1) is 0 Å². The lowest BCUT2D eigenvalue weighted by Crippen LogP contribution is -2.48. The third kappa shape index (κ3) is 4.62. The van der Waals surface area contributed by atoms with Crippen LogP contribution in [0.3, 0.4) is 0 Å². The molecule has 1 aromatic heterocycles. The number of hydrogen-bond donors (Lipinski definition) is 2. The Balaban J connectivity index is 1.21. The van der Waals surface area contributed by atoms with Crippen LogP contribution in [0.2, 0.25) is 0 Å². The molecule has 2 N–H and O–H groups in total. The Morgan fingerprint density at radius 3 is 2.84 bits per heavy atom. The van der Waals surface area contributed by atoms with Crippen molar-refractivity contribution in [1.82, 2.24) is 15.2 Å². The topological polar surface area (TPSA) is 74.7 Å². The van der Waals surface area contributed by atoms with Gasteiger partial charge in [0.1, 0.15) is 6.04 Å². The monoisotopic (exact) mass is 503 g/mol. The summed E-state index contributed by atoms with van der Waals surface area (Å²) in [4.78, 5) is 18.9. The van der Waals surface area contributed by atoms with E-state index in [1.54, 1.807) is 0 Å². The van der Waals surface area contributed by atoms with E-state index in [-0.39, 0.29) is 17.1 Å². The highest BCUT2D eigenvalue weighted by atomic mass is 16.5. The van der Waals surface area contributed by atoms with Crippen LogP contribution in [0.15, 0.2) is 42.6 Å². The molecule has 37 heavy (non-hydrogen) atoms. The van der Waals surface area contributed by atoms with Crippen molar-refractivity contribution in [3.63, 3.8) is 0 Å². The summed E-state index contributed by atoms with van der Waals surface area (Å²) in [6.45, 7) is 4.43. The zero-order valence-electron chi connectivity index (χ0n) is 22.1. The number of ether oxygens (including phenoxy) is 1. The number of pyridine rings is 1. The molecule has 0 bridgehead atoms. The van der Waals surface area contributed by atoms with E-state index >= 15 is 0 Å². The highest BCUT2D eigenvalue weighted by Gasteiger charge is 2.48. The smallest absolute Gasteiger partial charge is 0.320 e. The van der Waals surface area contributed by atoms with Crippen LogP contribution in [-0.4, -0.2) is 52.3 Å². The maximum Gasteiger partial charge on any atom is 0.320 e. The summed E-state index contributed by atoms with van der Waals surface area (Å²) in [7, 11) is 0. The number of carboxylic acids is 1. The maximum absolute atomic E-state index is 11.8. The Hall–Kier alpha value is -2.28. The van der Waals surface area contributed by atoms with Gasteiger partial charge in [-0.25, -0.2) is 0 Å². The zero-order valence-corrected chi connectivity index (χ0v) is 22.1. The van der Waals surface area contributed by atoms with Gasteiger partial charge in [0, 0.05) is 42.5 Å². The molecule has 6 nitrogen and oxygen atoms in total. The number of aromatic nitrogens is 1. The van der Waals surface area contributed by atoms with E-state index in [2.05, 4.69) is 40.5 Å². The molecule has 1 aromatic carbocycles. The van der Waals surface area contributed by atoms with Crippen molar-refractivity contribution in [2.45, 2.75) is 100 Å². The average molecular weight is 504 g/mol. The maximum atomic E-state index is 11.8. The van der Waals surface area contributed by atoms with Crippen molar-refractivity contribution in [2.75, 3.05) is 19.7 Å². The molecule has 4 aliphatic rings. The predicted molar refractivity (Wildman–Crippen MR) is 144 cm³/mol. The molecule has 6 heteroatoms. The van der Waals surface area contributed by atoms with Gasteiger partial charge in [-0.3, -0.25) is 14.7 Å². The molecular weight excluding hydrogens is 462 g/mol. The van der Waals surface area contributed by atoms with Crippen molar-refractivity contribution in [3.05, 3.63) is 65.0 Å². The molecule has 4 atom stereocenters. The van der Waals surface area contributed by atoms with Crippen molar-refractivity contribution >= 4 is 5.97 Å². The molecule has 1 saturated carbocycles. The molecule has 0 amide bonds. The van der Waals surface area contributed by atoms with Gasteiger partial charge in [-0.2, -0.15) is 0 Å². The number of rotatable bonds is 7. The predicted octanol–water partition coefficient (Wildman–Crippen LogP) is 5.33. The quantitative estimate of drug-likeness (QED) is 0.532. The fourth-order valence-corrected chi connectivity index (χ4v) is 8.02. The van der Waals surface area contributed by atoms with Gasteiger partial charge < -0.3 is 15.2 Å². The van der Waals surface area contributed by atoms with Gasteiger partial charge in [0.15, 0.2) is 0 Å². The van der Waals surface area contributed by atoms with E-state index in [4.69, 9.17) is 9.72 Å². The SMILES string of the molecule is CC(C(=O)O)N1CCc2cccc3c2C1CCC3NCC[C@@]1(c2ccccn2)CCOC2(CCCC2)C1. The van der Waals surface area contributed by atoms with E-state index in [1.165, 1.54) is 48.1 Å². The van der Waals surface area contributed by atoms with Gasteiger partial charge in [-0.05, 0) is 93.7 Å². The van der Waals surface area contributed by atoms with Crippen LogP contribution >= 0.6 is 0 Å². The van der Waals surface area contributed by atoms with E-state index in [0.29, 0.717) is 6.04 Å². The molecule has 1 spiro atoms. The number of benzene rings is 1. The fourth-order valence-electron chi connectivity index (χ4n) is 8.02. The molecule has 2 aromatic rings. The van der Waals surface area contributed by atoms with Crippen LogP contribution in [-0.2, 0) is 21.4 Å². The van der Waals surface area contributed by atoms with E-state index in [9.17, 15) is 9.90 Å². The Morgan fingerprint density at radius 1 is 1.19 bits per heavy atom. The second-order valence-corrected chi connectivity index (χ2v) is 11.9. The normalized spacial score (nSPS) is 29.6. The zero-order chi connectivity index (χ0) is 25.5. The fraction of sp³-hybridized carbons (Fsp3) is 0.613. The van der Waals surface area contributed by atoms with Gasteiger partial charge in [-0.1, -0.05) is 37.1 Å². The molecule has 0 radical (unpaired) electrons. The highest BCUT2D eigenvalue weighted by Crippen LogP contribution is 2.50. The highest BCUT2D eigenvalue weighted by molar-refractivity contribution is 5.73. The van der Waals surface area contributed by atoms with Gasteiger partial charge in [0.05, 0.1) is 5.60 Å². The minimum absolute atomic E-state index is 0.0383. The Labute approximate surface area is 220 Å². The van der Waals surface area contributed by atoms with Crippen molar-refractivity contribution in [1.29, 1.82) is 0 Å². The van der Waals surface area contributed by atoms with Crippen molar-refractivity contribution in [2.24, 2.45) is 0 Å². The summed E-state index contributed by atoms with van der Waals surface area (Å²) in [5.41, 5.74) is 5.49. The third-order valence-corrected chi connectivity index (χ3v) is 9.93. The number of aliphatic carboxylic acids is 1. The molecule has 3 heterocycles. The lowest BCUT2D eigenvalue weighted by molar-refractivity contribution is -0.144. The minimum atomic E-state index is -0.725. The summed E-state index contributed by atoms with van der Waals surface area (Å²) in [5, 5.41) is 13.7. The van der Waals surface area contributed by atoms with Gasteiger partial charge in [0.2, 0.25) is 0 Å². The molecule has 1 saturated heterocycles. The van der Waals surface area contributed by atoms with Crippen molar-refractivity contribution in [3.8, 4) is 0 Å². The Bertz CT molecular complexity index is 1120. The number of carboxylic acid groups (broad SMARTS) is 1. The molecule has 2 aliphatic carbocycles. The van der Waals surface area contributed by atoms with E-state index in [0.717, 1.165) is 58.2 Å². The van der Waals surface area contributed by atoms with Gasteiger partial charge in [0.25, 0.3) is 0 Å². The van der Waals surface area contributed by atoms with Crippen molar-refractivity contribution < 1.29 is 14.6 Å². The average Bonchev–Trinajstić information content (AvgIpc) is 3.37. The standard InChI is InChI=1S/C31H41N3O3/c1-22(29(35)36)34-19-12-23-7-6-8-24-25(10-11-26(34)28(23)24)32-18-15-30(27-9-2-5-17-33-27)16-20-37-31(21-30)13-3-4-14-31/h2,5-9,17,22,25-26,32H,3-4,10-16,18-21H2,1H3,(H,35,36)/t22?,25?,26?,30-/m1/s1. The summed E-state index contributed by atoms with van der Waals surface area (Å²) in [6.07, 6.45) is 13.0. The second kappa shape index (κ2) is 10.1. The lowest BCUT2D eigenvalue weighted by atomic mass is 9.68. The third-order valence-electron chi connectivity index (χ3n) is 9.93. The Kier molecular flexibility index (Phi) is 6.85. The largest absolute Gasteiger partial charge is 0.480 e. The van der Waals surface area contributed by atoms with Gasteiger partial charge in [-0.15, -0.1) is 0 Å². The lowest BCUT2D eigenvalue weighted by Gasteiger charge is -2.47. The van der Waals surface area contributed by atoms with Crippen LogP contribution in [0.4, 0.5) is 0 Å². The number of hydrogen-bond acceptors (Lipinski definition) is 5. The first kappa shape index (κ1) is 25.0. The molecule has 3 unspecified atom stereocenters. The first-order chi connectivity index (χ1) is 18.0. The van der Waals surface area contributed by atoms with E-state index in [1.807, 2.05) is 19.2 Å². The number of nitrogens with one attached hydrogen (secondary N) is 1. The minimum Gasteiger partial charge on any atom is -0.480 e. The van der Waals surface area contributed by atoms with E-state index < -0.39 is 12.0 Å². The number of nitrogens with zero attached hydrogens (tertiary/aromatic N) is 2. The summed E-state index contributed by atoms with van der Waals surface area (Å²) in [6, 6.07) is 13.2. The Morgan fingerprint density at radius 2 is 2.05 bits per heavy atom. The summed E-state index contributed by atoms with van der Waals surface area (Å²) < 4.78 is 6.44.